The van der Waals surface area contributed by atoms with Crippen molar-refractivity contribution in [2.45, 2.75) is 19.4 Å². The molecule has 1 atom stereocenters. The predicted octanol–water partition coefficient (Wildman–Crippen LogP) is 5.15. The fourth-order valence-corrected chi connectivity index (χ4v) is 3.36. The van der Waals surface area contributed by atoms with Crippen LogP contribution in [0, 0.1) is 0 Å². The lowest BCUT2D eigenvalue weighted by molar-refractivity contribution is 0.414. The van der Waals surface area contributed by atoms with Crippen LogP contribution in [0.3, 0.4) is 0 Å². The zero-order valence-corrected chi connectivity index (χ0v) is 13.8. The van der Waals surface area contributed by atoms with Gasteiger partial charge in [0, 0.05) is 16.0 Å². The lowest BCUT2D eigenvalue weighted by atomic mass is 10.0. The molecule has 2 aromatic rings. The second kappa shape index (κ2) is 7.32. The third-order valence-corrected chi connectivity index (χ3v) is 4.57. The molecule has 5 heteroatoms. The first kappa shape index (κ1) is 15.6. The van der Waals surface area contributed by atoms with E-state index < -0.39 is 0 Å². The minimum absolute atomic E-state index is 0.0610. The average molecular weight is 330 g/mol. The van der Waals surface area contributed by atoms with Gasteiger partial charge in [-0.05, 0) is 36.0 Å². The standard InChI is InChI=1S/C15H17Cl2NOS/c1-3-6-18-15(14-5-4-7-20-14)10-8-12(17)13(19-2)9-11(10)16/h4-5,7-9,15,18H,3,6H2,1-2H3. The Morgan fingerprint density at radius 1 is 1.30 bits per heavy atom. The topological polar surface area (TPSA) is 21.3 Å². The second-order valence-electron chi connectivity index (χ2n) is 4.41. The fourth-order valence-electron chi connectivity index (χ4n) is 2.03. The van der Waals surface area contributed by atoms with Crippen molar-refractivity contribution >= 4 is 34.5 Å². The van der Waals surface area contributed by atoms with Gasteiger partial charge < -0.3 is 10.1 Å². The Bertz CT molecular complexity index is 557. The van der Waals surface area contributed by atoms with E-state index in [1.165, 1.54) is 4.88 Å². The van der Waals surface area contributed by atoms with Gasteiger partial charge in [-0.15, -0.1) is 11.3 Å². The van der Waals surface area contributed by atoms with Crippen molar-refractivity contribution in [2.24, 2.45) is 0 Å². The number of rotatable bonds is 6. The molecule has 108 valence electrons. The molecule has 20 heavy (non-hydrogen) atoms. The van der Waals surface area contributed by atoms with Crippen molar-refractivity contribution in [2.75, 3.05) is 13.7 Å². The number of methoxy groups -OCH3 is 1. The molecule has 2 rings (SSSR count). The maximum atomic E-state index is 6.40. The summed E-state index contributed by atoms with van der Waals surface area (Å²) in [5.74, 6) is 0.598. The molecular weight excluding hydrogens is 313 g/mol. The number of hydrogen-bond acceptors (Lipinski definition) is 3. The predicted molar refractivity (Wildman–Crippen MR) is 87.5 cm³/mol. The van der Waals surface area contributed by atoms with E-state index in [0.29, 0.717) is 15.8 Å². The third kappa shape index (κ3) is 3.47. The molecule has 1 N–H and O–H groups in total. The summed E-state index contributed by atoms with van der Waals surface area (Å²) in [6, 6.07) is 7.86. The second-order valence-corrected chi connectivity index (χ2v) is 6.20. The summed E-state index contributed by atoms with van der Waals surface area (Å²) >= 11 is 14.3. The first-order chi connectivity index (χ1) is 9.67. The maximum Gasteiger partial charge on any atom is 0.138 e. The van der Waals surface area contributed by atoms with Crippen LogP contribution in [-0.4, -0.2) is 13.7 Å². The van der Waals surface area contributed by atoms with Crippen LogP contribution in [0.25, 0.3) is 0 Å². The third-order valence-electron chi connectivity index (χ3n) is 3.01. The maximum absolute atomic E-state index is 6.40. The summed E-state index contributed by atoms with van der Waals surface area (Å²) in [5.41, 5.74) is 0.980. The van der Waals surface area contributed by atoms with Crippen molar-refractivity contribution in [1.29, 1.82) is 0 Å². The molecule has 1 heterocycles. The Kier molecular flexibility index (Phi) is 5.73. The number of benzene rings is 1. The van der Waals surface area contributed by atoms with E-state index in [1.54, 1.807) is 24.5 Å². The van der Waals surface area contributed by atoms with Gasteiger partial charge >= 0.3 is 0 Å². The molecule has 0 amide bonds. The summed E-state index contributed by atoms with van der Waals surface area (Å²) in [4.78, 5) is 1.22. The van der Waals surface area contributed by atoms with Crippen LogP contribution in [0.4, 0.5) is 0 Å². The monoisotopic (exact) mass is 329 g/mol. The minimum atomic E-state index is 0.0610. The van der Waals surface area contributed by atoms with E-state index in [4.69, 9.17) is 27.9 Å². The highest BCUT2D eigenvalue weighted by atomic mass is 35.5. The smallest absolute Gasteiger partial charge is 0.138 e. The first-order valence-electron chi connectivity index (χ1n) is 6.47. The van der Waals surface area contributed by atoms with E-state index in [9.17, 15) is 0 Å². The van der Waals surface area contributed by atoms with Crippen molar-refractivity contribution in [3.8, 4) is 5.75 Å². The van der Waals surface area contributed by atoms with Crippen LogP contribution >= 0.6 is 34.5 Å². The van der Waals surface area contributed by atoms with Crippen LogP contribution < -0.4 is 10.1 Å². The van der Waals surface area contributed by atoms with E-state index in [-0.39, 0.29) is 6.04 Å². The summed E-state index contributed by atoms with van der Waals surface area (Å²) in [7, 11) is 1.59. The van der Waals surface area contributed by atoms with Crippen LogP contribution in [0.1, 0.15) is 29.8 Å². The highest BCUT2D eigenvalue weighted by molar-refractivity contribution is 7.10. The zero-order chi connectivity index (χ0) is 14.5. The Balaban J connectivity index is 2.40. The summed E-state index contributed by atoms with van der Waals surface area (Å²) in [6.07, 6.45) is 1.06. The van der Waals surface area contributed by atoms with Crippen molar-refractivity contribution in [1.82, 2.24) is 5.32 Å². The van der Waals surface area contributed by atoms with Gasteiger partial charge in [0.25, 0.3) is 0 Å². The molecule has 0 saturated carbocycles. The van der Waals surface area contributed by atoms with Gasteiger partial charge in [-0.3, -0.25) is 0 Å². The quantitative estimate of drug-likeness (QED) is 0.790. The normalized spacial score (nSPS) is 12.4. The van der Waals surface area contributed by atoms with E-state index >= 15 is 0 Å². The number of ether oxygens (including phenoxy) is 1. The van der Waals surface area contributed by atoms with Gasteiger partial charge in [0.05, 0.1) is 18.2 Å². The Morgan fingerprint density at radius 2 is 2.10 bits per heavy atom. The van der Waals surface area contributed by atoms with Crippen LogP contribution in [0.15, 0.2) is 29.6 Å². The van der Waals surface area contributed by atoms with Gasteiger partial charge in [0.1, 0.15) is 5.75 Å². The average Bonchev–Trinajstić information content (AvgIpc) is 2.96. The van der Waals surface area contributed by atoms with Crippen molar-refractivity contribution in [3.05, 3.63) is 50.1 Å². The van der Waals surface area contributed by atoms with Gasteiger partial charge in [-0.1, -0.05) is 36.2 Å². The Labute approximate surface area is 133 Å². The molecular formula is C15H17Cl2NOS. The van der Waals surface area contributed by atoms with Crippen molar-refractivity contribution < 1.29 is 4.74 Å². The van der Waals surface area contributed by atoms with Gasteiger partial charge in [-0.25, -0.2) is 0 Å². The van der Waals surface area contributed by atoms with Gasteiger partial charge in [0.15, 0.2) is 0 Å². The molecule has 0 aliphatic carbocycles. The molecule has 1 unspecified atom stereocenters. The lowest BCUT2D eigenvalue weighted by Gasteiger charge is -2.20. The highest BCUT2D eigenvalue weighted by Crippen LogP contribution is 2.37. The summed E-state index contributed by atoms with van der Waals surface area (Å²) < 4.78 is 5.20. The fraction of sp³-hybridized carbons (Fsp3) is 0.333. The van der Waals surface area contributed by atoms with E-state index in [1.807, 2.05) is 12.1 Å². The molecule has 0 aliphatic rings. The molecule has 0 fully saturated rings. The first-order valence-corrected chi connectivity index (χ1v) is 8.10. The van der Waals surface area contributed by atoms with Crippen LogP contribution in [-0.2, 0) is 0 Å². The molecule has 0 bridgehead atoms. The number of nitrogens with one attached hydrogen (secondary N) is 1. The van der Waals surface area contributed by atoms with Crippen LogP contribution in [0.2, 0.25) is 10.0 Å². The number of halogens is 2. The number of hydrogen-bond donors (Lipinski definition) is 1. The lowest BCUT2D eigenvalue weighted by Crippen LogP contribution is -2.22. The van der Waals surface area contributed by atoms with Crippen molar-refractivity contribution in [3.63, 3.8) is 0 Å². The van der Waals surface area contributed by atoms with Gasteiger partial charge in [0.2, 0.25) is 0 Å². The highest BCUT2D eigenvalue weighted by Gasteiger charge is 2.19. The SMILES string of the molecule is CCCNC(c1cccs1)c1cc(Cl)c(OC)cc1Cl. The van der Waals surface area contributed by atoms with Gasteiger partial charge in [-0.2, -0.15) is 0 Å². The molecule has 2 nitrogen and oxygen atoms in total. The largest absolute Gasteiger partial charge is 0.495 e. The van der Waals surface area contributed by atoms with E-state index in [0.717, 1.165) is 18.5 Å². The van der Waals surface area contributed by atoms with E-state index in [2.05, 4.69) is 23.7 Å². The Hall–Kier alpha value is -0.740. The zero-order valence-electron chi connectivity index (χ0n) is 11.5. The molecule has 1 aromatic heterocycles. The Morgan fingerprint density at radius 3 is 2.70 bits per heavy atom. The summed E-state index contributed by atoms with van der Waals surface area (Å²) in [5, 5.41) is 6.82. The molecule has 0 spiro atoms. The molecule has 0 aliphatic heterocycles. The molecule has 0 saturated heterocycles. The minimum Gasteiger partial charge on any atom is -0.495 e. The molecule has 1 aromatic carbocycles. The van der Waals surface area contributed by atoms with Crippen LogP contribution in [0.5, 0.6) is 5.75 Å². The molecule has 0 radical (unpaired) electrons. The summed E-state index contributed by atoms with van der Waals surface area (Å²) in [6.45, 7) is 3.06. The number of thiophene rings is 1.